The molecule has 470 valence electrons. The van der Waals surface area contributed by atoms with Gasteiger partial charge in [-0.25, -0.2) is 0 Å². The van der Waals surface area contributed by atoms with Gasteiger partial charge in [-0.3, -0.25) is 0 Å². The average Bonchev–Trinajstić information content (AvgIpc) is 0.684. The van der Waals surface area contributed by atoms with Gasteiger partial charge in [0.25, 0.3) is 6.71 Å². The molecule has 0 spiro atoms. The SMILES string of the molecule is c1ccc(-c2ccc3c(c2)B2c4cc(-c5ccccc5)ccc4N(c4c(-c5ccccc5)cc(-c5ccccc5)cc4-c4ccccc4)c4cc(-c5c6ccccc6c(-c6ccccc6)c6ccccc56)cc(c42)N3c2c(-c3ccccc3)cc(-c3ccccc3)cc2-c2ccccc2)cc1. The van der Waals surface area contributed by atoms with Crippen LogP contribution >= 0.6 is 0 Å². The maximum atomic E-state index is 2.70. The molecule has 0 radical (unpaired) electrons. The molecule has 0 fully saturated rings. The molecule has 0 atom stereocenters. The molecule has 17 aromatic carbocycles. The minimum absolute atomic E-state index is 0.277. The Morgan fingerprint density at radius 3 is 0.713 bits per heavy atom. The summed E-state index contributed by atoms with van der Waals surface area (Å²) in [5, 5.41) is 4.77. The van der Waals surface area contributed by atoms with E-state index in [0.29, 0.717) is 0 Å². The number of rotatable bonds is 12. The highest BCUT2D eigenvalue weighted by atomic mass is 15.2. The molecule has 0 bridgehead atoms. The van der Waals surface area contributed by atoms with E-state index in [1.54, 1.807) is 0 Å². The number of hydrogen-bond donors (Lipinski definition) is 0. The third-order valence-corrected chi connectivity index (χ3v) is 20.8. The van der Waals surface area contributed by atoms with Crippen molar-refractivity contribution in [3.8, 4) is 111 Å². The van der Waals surface area contributed by atoms with Crippen LogP contribution in [0.4, 0.5) is 34.1 Å². The van der Waals surface area contributed by atoms with Crippen LogP contribution in [0.5, 0.6) is 0 Å². The van der Waals surface area contributed by atoms with Crippen molar-refractivity contribution in [3.05, 3.63) is 394 Å². The van der Waals surface area contributed by atoms with Crippen LogP contribution in [-0.2, 0) is 0 Å². The summed E-state index contributed by atoms with van der Waals surface area (Å²) >= 11 is 0. The summed E-state index contributed by atoms with van der Waals surface area (Å²) < 4.78 is 0. The van der Waals surface area contributed by atoms with Gasteiger partial charge in [0, 0.05) is 45.0 Å². The number of hydrogen-bond acceptors (Lipinski definition) is 2. The van der Waals surface area contributed by atoms with E-state index in [1.165, 1.54) is 54.6 Å². The number of nitrogens with zero attached hydrogens (tertiary/aromatic N) is 2. The molecule has 2 aliphatic rings. The van der Waals surface area contributed by atoms with Crippen LogP contribution in [0.3, 0.4) is 0 Å². The Kier molecular flexibility index (Phi) is 14.7. The minimum atomic E-state index is -0.277. The second-order valence-corrected chi connectivity index (χ2v) is 26.6. The summed E-state index contributed by atoms with van der Waals surface area (Å²) in [6.07, 6.45) is 0. The van der Waals surface area contributed by atoms with E-state index in [4.69, 9.17) is 0 Å². The van der Waals surface area contributed by atoms with E-state index in [9.17, 15) is 0 Å². The molecule has 0 aromatic heterocycles. The zero-order valence-corrected chi connectivity index (χ0v) is 55.5. The van der Waals surface area contributed by atoms with Crippen molar-refractivity contribution in [3.63, 3.8) is 0 Å². The zero-order chi connectivity index (χ0) is 66.7. The lowest BCUT2D eigenvalue weighted by atomic mass is 9.33. The molecule has 0 saturated heterocycles. The van der Waals surface area contributed by atoms with Gasteiger partial charge in [0.05, 0.1) is 11.4 Å². The third-order valence-electron chi connectivity index (χ3n) is 20.8. The molecule has 3 heteroatoms. The van der Waals surface area contributed by atoms with Crippen molar-refractivity contribution in [1.82, 2.24) is 0 Å². The topological polar surface area (TPSA) is 6.48 Å². The molecule has 2 nitrogen and oxygen atoms in total. The lowest BCUT2D eigenvalue weighted by Gasteiger charge is -2.46. The van der Waals surface area contributed by atoms with Gasteiger partial charge in [0.1, 0.15) is 0 Å². The summed E-state index contributed by atoms with van der Waals surface area (Å²) in [7, 11) is 0. The highest BCUT2D eigenvalue weighted by Crippen LogP contribution is 2.56. The van der Waals surface area contributed by atoms with Crippen molar-refractivity contribution in [2.45, 2.75) is 0 Å². The van der Waals surface area contributed by atoms with Crippen LogP contribution in [0.15, 0.2) is 394 Å². The van der Waals surface area contributed by atoms with Gasteiger partial charge in [-0.05, 0) is 175 Å². The van der Waals surface area contributed by atoms with Gasteiger partial charge in [0.2, 0.25) is 0 Å². The smallest absolute Gasteiger partial charge is 0.252 e. The first-order valence-electron chi connectivity index (χ1n) is 35.0. The van der Waals surface area contributed by atoms with Crippen LogP contribution < -0.4 is 26.2 Å². The van der Waals surface area contributed by atoms with Crippen molar-refractivity contribution < 1.29 is 0 Å². The lowest BCUT2D eigenvalue weighted by Crippen LogP contribution is -2.61. The van der Waals surface area contributed by atoms with E-state index < -0.39 is 0 Å². The average molecular weight is 1280 g/mol. The lowest BCUT2D eigenvalue weighted by molar-refractivity contribution is 1.25. The fourth-order valence-corrected chi connectivity index (χ4v) is 16.3. The van der Waals surface area contributed by atoms with E-state index in [0.717, 1.165) is 129 Å². The Hall–Kier alpha value is -13.1. The fraction of sp³-hybridized carbons (Fsp3) is 0. The molecule has 0 N–H and O–H groups in total. The van der Waals surface area contributed by atoms with E-state index in [-0.39, 0.29) is 6.71 Å². The van der Waals surface area contributed by atoms with E-state index in [2.05, 4.69) is 404 Å². The number of anilines is 6. The van der Waals surface area contributed by atoms with E-state index >= 15 is 0 Å². The molecule has 0 unspecified atom stereocenters. The molecule has 101 heavy (non-hydrogen) atoms. The fourth-order valence-electron chi connectivity index (χ4n) is 16.3. The van der Waals surface area contributed by atoms with Crippen molar-refractivity contribution in [2.24, 2.45) is 0 Å². The molecule has 0 amide bonds. The van der Waals surface area contributed by atoms with Crippen molar-refractivity contribution in [2.75, 3.05) is 9.80 Å². The molecule has 19 rings (SSSR count). The summed E-state index contributed by atoms with van der Waals surface area (Å²) in [6, 6.07) is 147. The molecular formula is C98H65BN2. The predicted octanol–water partition coefficient (Wildman–Crippen LogP) is 24.7. The predicted molar refractivity (Wildman–Crippen MR) is 430 cm³/mol. The molecule has 17 aromatic rings. The van der Waals surface area contributed by atoms with Crippen molar-refractivity contribution in [1.29, 1.82) is 0 Å². The maximum Gasteiger partial charge on any atom is 0.252 e. The summed E-state index contributed by atoms with van der Waals surface area (Å²) in [5.41, 5.74) is 33.2. The van der Waals surface area contributed by atoms with Crippen LogP contribution in [-0.4, -0.2) is 6.71 Å². The van der Waals surface area contributed by atoms with Crippen LogP contribution in [0.25, 0.3) is 133 Å². The normalized spacial score (nSPS) is 12.1. The highest BCUT2D eigenvalue weighted by molar-refractivity contribution is 7.00. The first kappa shape index (κ1) is 59.2. The Morgan fingerprint density at radius 1 is 0.168 bits per heavy atom. The number of benzene rings is 17. The standard InChI is InChI=1S/C98H65BN2/c1-10-32-66(33-11-1)75-54-56-90-88(62-75)99-89-63-76(67-34-12-2-13-35-67)55-57-91(89)101(98-86(72-44-22-7-23-45-72)60-78(69-38-16-4-17-39-69)61-87(98)73-46-24-8-25-47-73)93-65-79(95-82-52-30-28-50-80(82)94(74-48-26-9-27-49-74)81-51-29-31-53-83(81)95)64-92(96(93)99)100(90)97-84(70-40-18-5-19-41-70)58-77(68-36-14-3-15-37-68)59-85(97)71-42-20-6-21-43-71/h1-65H. The van der Waals surface area contributed by atoms with Gasteiger partial charge < -0.3 is 9.80 Å². The highest BCUT2D eigenvalue weighted by Gasteiger charge is 2.46. The number of fused-ring (bicyclic) bond motifs is 6. The Morgan fingerprint density at radius 2 is 0.416 bits per heavy atom. The second-order valence-electron chi connectivity index (χ2n) is 26.6. The summed E-state index contributed by atoms with van der Waals surface area (Å²) in [5.74, 6) is 0. The van der Waals surface area contributed by atoms with Gasteiger partial charge in [-0.1, -0.05) is 346 Å². The Labute approximate surface area is 590 Å². The van der Waals surface area contributed by atoms with Gasteiger partial charge >= 0.3 is 0 Å². The molecule has 0 aliphatic carbocycles. The van der Waals surface area contributed by atoms with Gasteiger partial charge in [-0.2, -0.15) is 0 Å². The first-order valence-corrected chi connectivity index (χ1v) is 35.0. The summed E-state index contributed by atoms with van der Waals surface area (Å²) in [6.45, 7) is -0.277. The zero-order valence-electron chi connectivity index (χ0n) is 55.5. The Balaban J connectivity index is 1.03. The van der Waals surface area contributed by atoms with Gasteiger partial charge in [0.15, 0.2) is 0 Å². The monoisotopic (exact) mass is 1280 g/mol. The summed E-state index contributed by atoms with van der Waals surface area (Å²) in [4.78, 5) is 5.40. The van der Waals surface area contributed by atoms with Gasteiger partial charge in [-0.15, -0.1) is 0 Å². The third kappa shape index (κ3) is 10.3. The van der Waals surface area contributed by atoms with E-state index in [1.807, 2.05) is 0 Å². The van der Waals surface area contributed by atoms with Crippen LogP contribution in [0.1, 0.15) is 0 Å². The molecule has 0 saturated carbocycles. The second kappa shape index (κ2) is 25.1. The van der Waals surface area contributed by atoms with Crippen LogP contribution in [0.2, 0.25) is 0 Å². The Bertz CT molecular complexity index is 5510. The molecule has 2 heterocycles. The first-order chi connectivity index (χ1) is 50.1. The molecular weight excluding hydrogens is 1220 g/mol. The van der Waals surface area contributed by atoms with Crippen molar-refractivity contribution >= 4 is 78.8 Å². The van der Waals surface area contributed by atoms with Crippen LogP contribution in [0, 0.1) is 0 Å². The largest absolute Gasteiger partial charge is 0.310 e. The quantitative estimate of drug-likeness (QED) is 0.0889. The minimum Gasteiger partial charge on any atom is -0.310 e. The molecule has 2 aliphatic heterocycles. The maximum absolute atomic E-state index is 2.70.